The van der Waals surface area contributed by atoms with Crippen LogP contribution in [0, 0.1) is 0 Å². The molecule has 0 bridgehead atoms. The lowest BCUT2D eigenvalue weighted by Crippen LogP contribution is -1.90. The van der Waals surface area contributed by atoms with E-state index in [1.54, 1.807) is 0 Å². The maximum absolute atomic E-state index is 4.22. The number of allylic oxidation sites excluding steroid dienone is 2. The van der Waals surface area contributed by atoms with Crippen molar-refractivity contribution in [1.82, 2.24) is 9.24 Å². The molecule has 2 nitrogen and oxygen atoms in total. The van der Waals surface area contributed by atoms with Crippen molar-refractivity contribution in [2.75, 3.05) is 0 Å². The number of aromatic nitrogens is 1. The van der Waals surface area contributed by atoms with Gasteiger partial charge in [0.1, 0.15) is 0 Å². The molecule has 1 aliphatic heterocycles. The first-order valence-corrected chi connectivity index (χ1v) is 14.7. The molecule has 0 saturated heterocycles. The van der Waals surface area contributed by atoms with E-state index in [0.29, 0.717) is 0 Å². The second kappa shape index (κ2) is 10.3. The van der Waals surface area contributed by atoms with Gasteiger partial charge in [-0.1, -0.05) is 127 Å². The summed E-state index contributed by atoms with van der Waals surface area (Å²) in [4.78, 5) is 0. The summed E-state index contributed by atoms with van der Waals surface area (Å²) in [5.41, 5.74) is 7.43. The smallest absolute Gasteiger partial charge is 0.300 e. The van der Waals surface area contributed by atoms with Gasteiger partial charge in [-0.2, -0.15) is 0 Å². The molecule has 202 valence electrons. The van der Waals surface area contributed by atoms with Crippen LogP contribution in [0.1, 0.15) is 5.56 Å². The molecule has 2 heterocycles. The minimum atomic E-state index is 1.16. The molecule has 0 saturated carbocycles. The SMILES string of the molecule is Cn1c2cc(-c3cccc4ccccc34)ccc2c2ccc3cc(C4=CC=[N+]=C4)ccc3c21.c1ccc2ccccc2c1. The van der Waals surface area contributed by atoms with Gasteiger partial charge in [0.25, 0.3) is 12.4 Å². The Bertz CT molecular complexity index is 2380. The number of hydrogen-bond donors (Lipinski definition) is 0. The Kier molecular flexibility index (Phi) is 6.00. The molecular weight excluding hydrogens is 520 g/mol. The lowest BCUT2D eigenvalue weighted by Gasteiger charge is -2.08. The summed E-state index contributed by atoms with van der Waals surface area (Å²) in [5.74, 6) is 0. The van der Waals surface area contributed by atoms with E-state index in [4.69, 9.17) is 0 Å². The van der Waals surface area contributed by atoms with E-state index in [-0.39, 0.29) is 0 Å². The molecule has 0 N–H and O–H groups in total. The fourth-order valence-electron chi connectivity index (χ4n) is 6.47. The van der Waals surface area contributed by atoms with Crippen LogP contribution in [0.15, 0.2) is 146 Å². The van der Waals surface area contributed by atoms with Crippen LogP contribution in [-0.2, 0) is 7.05 Å². The molecule has 0 radical (unpaired) electrons. The van der Waals surface area contributed by atoms with E-state index in [9.17, 15) is 0 Å². The average Bonchev–Trinajstić information content (AvgIpc) is 3.72. The molecule has 0 unspecified atom stereocenters. The molecule has 0 aliphatic carbocycles. The topological polar surface area (TPSA) is 19.0 Å². The van der Waals surface area contributed by atoms with Crippen molar-refractivity contribution < 1.29 is 0 Å². The standard InChI is InChI=1S/C31H21N2.C10H8/c1-33-30-18-23(26-8-4-6-20-5-2-3-7-25(20)26)10-13-28(30)29-14-11-22-17-21(24-15-16-32-19-24)9-12-27(22)31(29)33;1-2-6-10-8-4-3-7-9(10)5-1/h2-19H,1H3;1-8H/q+1;. The van der Waals surface area contributed by atoms with Crippen LogP contribution in [0.25, 0.3) is 70.8 Å². The maximum Gasteiger partial charge on any atom is 0.300 e. The predicted octanol–water partition coefficient (Wildman–Crippen LogP) is 9.75. The van der Waals surface area contributed by atoms with Gasteiger partial charge in [0, 0.05) is 34.8 Å². The van der Waals surface area contributed by atoms with Crippen molar-refractivity contribution in [2.45, 2.75) is 0 Å². The summed E-state index contributed by atoms with van der Waals surface area (Å²) in [7, 11) is 2.19. The molecule has 9 rings (SSSR count). The molecule has 43 heavy (non-hydrogen) atoms. The van der Waals surface area contributed by atoms with Gasteiger partial charge in [-0.25, -0.2) is 0 Å². The van der Waals surface area contributed by atoms with E-state index in [0.717, 1.165) is 5.57 Å². The largest absolute Gasteiger partial charge is 0.343 e. The fourth-order valence-corrected chi connectivity index (χ4v) is 6.47. The van der Waals surface area contributed by atoms with Gasteiger partial charge in [-0.15, -0.1) is 4.67 Å². The molecule has 8 aromatic rings. The quantitative estimate of drug-likeness (QED) is 0.191. The zero-order chi connectivity index (χ0) is 28.8. The van der Waals surface area contributed by atoms with E-state index >= 15 is 0 Å². The van der Waals surface area contributed by atoms with Gasteiger partial charge in [0.2, 0.25) is 0 Å². The summed E-state index contributed by atoms with van der Waals surface area (Å²) in [5, 5.41) is 10.3. The highest BCUT2D eigenvalue weighted by Gasteiger charge is 2.15. The highest BCUT2D eigenvalue weighted by atomic mass is 14.9. The highest BCUT2D eigenvalue weighted by molar-refractivity contribution is 6.21. The van der Waals surface area contributed by atoms with Crippen LogP contribution in [0.5, 0.6) is 0 Å². The van der Waals surface area contributed by atoms with Crippen LogP contribution < -0.4 is 4.67 Å². The van der Waals surface area contributed by atoms with Crippen molar-refractivity contribution in [2.24, 2.45) is 7.05 Å². The number of nitrogens with zero attached hydrogens (tertiary/aromatic N) is 2. The molecular formula is C41H29N2+. The molecule has 0 atom stereocenters. The molecule has 7 aromatic carbocycles. The summed E-state index contributed by atoms with van der Waals surface area (Å²) in [6.45, 7) is 0. The molecule has 0 fully saturated rings. The Hall–Kier alpha value is -5.69. The normalized spacial score (nSPS) is 12.3. The van der Waals surface area contributed by atoms with Crippen LogP contribution in [0.4, 0.5) is 0 Å². The number of benzene rings is 7. The summed E-state index contributed by atoms with van der Waals surface area (Å²) >= 11 is 0. The summed E-state index contributed by atoms with van der Waals surface area (Å²) in [6.07, 6.45) is 5.83. The van der Waals surface area contributed by atoms with Gasteiger partial charge >= 0.3 is 0 Å². The van der Waals surface area contributed by atoms with Gasteiger partial charge in [-0.3, -0.25) is 0 Å². The number of hydrogen-bond acceptors (Lipinski definition) is 0. The van der Waals surface area contributed by atoms with Crippen LogP contribution in [0.3, 0.4) is 0 Å². The van der Waals surface area contributed by atoms with Gasteiger partial charge in [0.15, 0.2) is 0 Å². The third kappa shape index (κ3) is 4.33. The van der Waals surface area contributed by atoms with Gasteiger partial charge < -0.3 is 4.57 Å². The third-order valence-corrected chi connectivity index (χ3v) is 8.62. The zero-order valence-corrected chi connectivity index (χ0v) is 23.9. The Morgan fingerprint density at radius 2 is 1.14 bits per heavy atom. The minimum Gasteiger partial charge on any atom is -0.343 e. The molecule has 0 spiro atoms. The Balaban J connectivity index is 0.000000235. The first kappa shape index (κ1) is 25.1. The second-order valence-electron chi connectivity index (χ2n) is 11.1. The second-order valence-corrected chi connectivity index (χ2v) is 11.1. The number of fused-ring (bicyclic) bond motifs is 7. The monoisotopic (exact) mass is 549 g/mol. The van der Waals surface area contributed by atoms with Gasteiger partial charge in [-0.05, 0) is 55.8 Å². The fraction of sp³-hybridized carbons (Fsp3) is 0.0244. The Morgan fingerprint density at radius 3 is 1.88 bits per heavy atom. The first-order valence-electron chi connectivity index (χ1n) is 14.7. The molecule has 0 amide bonds. The summed E-state index contributed by atoms with van der Waals surface area (Å²) < 4.78 is 6.57. The highest BCUT2D eigenvalue weighted by Crippen LogP contribution is 2.37. The lowest BCUT2D eigenvalue weighted by atomic mass is 9.97. The van der Waals surface area contributed by atoms with Crippen molar-refractivity contribution in [1.29, 1.82) is 0 Å². The molecule has 1 aromatic heterocycles. The van der Waals surface area contributed by atoms with E-state index in [1.807, 2.05) is 12.4 Å². The molecule has 2 heteroatoms. The minimum absolute atomic E-state index is 1.16. The average molecular weight is 550 g/mol. The van der Waals surface area contributed by atoms with E-state index in [1.165, 1.54) is 70.8 Å². The Morgan fingerprint density at radius 1 is 0.488 bits per heavy atom. The first-order chi connectivity index (χ1) is 21.2. The molecule has 1 aliphatic rings. The Labute approximate surface area is 250 Å². The number of aryl methyl sites for hydroxylation is 1. The van der Waals surface area contributed by atoms with Crippen molar-refractivity contribution in [3.8, 4) is 11.1 Å². The van der Waals surface area contributed by atoms with Crippen molar-refractivity contribution >= 4 is 72.1 Å². The zero-order valence-electron chi connectivity index (χ0n) is 23.9. The van der Waals surface area contributed by atoms with Crippen molar-refractivity contribution in [3.63, 3.8) is 0 Å². The van der Waals surface area contributed by atoms with Crippen LogP contribution >= 0.6 is 0 Å². The van der Waals surface area contributed by atoms with Gasteiger partial charge in [0.05, 0.1) is 11.1 Å². The summed E-state index contributed by atoms with van der Waals surface area (Å²) in [6, 6.07) is 50.0. The third-order valence-electron chi connectivity index (χ3n) is 8.62. The maximum atomic E-state index is 4.22. The van der Waals surface area contributed by atoms with E-state index in [2.05, 4.69) is 162 Å². The van der Waals surface area contributed by atoms with Crippen LogP contribution in [0.2, 0.25) is 0 Å². The lowest BCUT2D eigenvalue weighted by molar-refractivity contribution is 1.02. The van der Waals surface area contributed by atoms with Crippen molar-refractivity contribution in [3.05, 3.63) is 151 Å². The van der Waals surface area contributed by atoms with Crippen LogP contribution in [-0.4, -0.2) is 17.0 Å². The number of rotatable bonds is 2. The predicted molar refractivity (Wildman–Crippen MR) is 187 cm³/mol. The van der Waals surface area contributed by atoms with E-state index < -0.39 is 0 Å².